The highest BCUT2D eigenvalue weighted by atomic mass is 16.2. The summed E-state index contributed by atoms with van der Waals surface area (Å²) in [5, 5.41) is 12.3. The van der Waals surface area contributed by atoms with Crippen molar-refractivity contribution < 1.29 is 9.59 Å². The number of rotatable bonds is 6. The molecule has 2 aromatic rings. The number of hydrogen-bond donors (Lipinski definition) is 1. The van der Waals surface area contributed by atoms with Gasteiger partial charge in [-0.25, -0.2) is 4.98 Å². The highest BCUT2D eigenvalue weighted by molar-refractivity contribution is 5.94. The van der Waals surface area contributed by atoms with E-state index in [2.05, 4.69) is 26.2 Å². The van der Waals surface area contributed by atoms with E-state index in [1.165, 1.54) is 0 Å². The molecule has 0 saturated carbocycles. The Hall–Kier alpha value is -3.44. The Balaban J connectivity index is 1.24. The molecule has 3 heterocycles. The van der Waals surface area contributed by atoms with Crippen molar-refractivity contribution in [3.05, 3.63) is 59.3 Å². The minimum atomic E-state index is -0.0174. The van der Waals surface area contributed by atoms with Crippen LogP contribution in [0.3, 0.4) is 0 Å². The number of anilines is 1. The molecule has 0 spiro atoms. The number of aromatic nitrogens is 1. The molecule has 1 aromatic heterocycles. The predicted molar refractivity (Wildman–Crippen MR) is 126 cm³/mol. The first-order chi connectivity index (χ1) is 16.1. The third-order valence-electron chi connectivity index (χ3n) is 6.25. The van der Waals surface area contributed by atoms with Crippen LogP contribution in [0.15, 0.2) is 42.6 Å². The normalized spacial score (nSPS) is 16.8. The van der Waals surface area contributed by atoms with Crippen LogP contribution in [0, 0.1) is 11.3 Å². The quantitative estimate of drug-likeness (QED) is 0.730. The lowest BCUT2D eigenvalue weighted by atomic mass is 10.1. The highest BCUT2D eigenvalue weighted by Crippen LogP contribution is 2.18. The fraction of sp³-hybridized carbons (Fsp3) is 0.440. The van der Waals surface area contributed by atoms with Gasteiger partial charge in [0.05, 0.1) is 12.1 Å². The molecule has 2 aliphatic heterocycles. The summed E-state index contributed by atoms with van der Waals surface area (Å²) in [6.07, 6.45) is 4.77. The number of pyridine rings is 1. The van der Waals surface area contributed by atoms with Crippen molar-refractivity contribution in [3.8, 4) is 6.07 Å². The van der Waals surface area contributed by atoms with Gasteiger partial charge in [-0.1, -0.05) is 12.1 Å². The molecule has 172 valence electrons. The van der Waals surface area contributed by atoms with Crippen LogP contribution < -0.4 is 10.2 Å². The van der Waals surface area contributed by atoms with Crippen LogP contribution in [-0.4, -0.2) is 72.4 Å². The van der Waals surface area contributed by atoms with E-state index >= 15 is 0 Å². The molecule has 0 bridgehead atoms. The lowest BCUT2D eigenvalue weighted by Gasteiger charge is -2.23. The van der Waals surface area contributed by atoms with Crippen molar-refractivity contribution in [3.63, 3.8) is 0 Å². The van der Waals surface area contributed by atoms with Crippen molar-refractivity contribution in [2.24, 2.45) is 0 Å². The van der Waals surface area contributed by atoms with E-state index in [9.17, 15) is 14.9 Å². The Labute approximate surface area is 194 Å². The number of likely N-dealkylation sites (tertiary alicyclic amines) is 1. The molecule has 8 nitrogen and oxygen atoms in total. The Morgan fingerprint density at radius 3 is 2.52 bits per heavy atom. The second-order valence-corrected chi connectivity index (χ2v) is 8.58. The number of carbonyl (C=O) groups excluding carboxylic acids is 2. The Morgan fingerprint density at radius 1 is 0.970 bits per heavy atom. The minimum absolute atomic E-state index is 0.0174. The topological polar surface area (TPSA) is 92.6 Å². The zero-order chi connectivity index (χ0) is 23.0. The van der Waals surface area contributed by atoms with Crippen molar-refractivity contribution in [1.82, 2.24) is 20.1 Å². The Morgan fingerprint density at radius 2 is 1.76 bits per heavy atom. The van der Waals surface area contributed by atoms with Gasteiger partial charge in [0.25, 0.3) is 5.91 Å². The monoisotopic (exact) mass is 446 g/mol. The van der Waals surface area contributed by atoms with Gasteiger partial charge in [0.2, 0.25) is 5.91 Å². The van der Waals surface area contributed by atoms with Crippen LogP contribution in [0.4, 0.5) is 5.82 Å². The fourth-order valence-electron chi connectivity index (χ4n) is 4.40. The maximum absolute atomic E-state index is 12.5. The number of amides is 2. The summed E-state index contributed by atoms with van der Waals surface area (Å²) in [6.45, 7) is 5.56. The molecule has 0 radical (unpaired) electrons. The van der Waals surface area contributed by atoms with E-state index in [1.54, 1.807) is 18.3 Å². The predicted octanol–water partition coefficient (Wildman–Crippen LogP) is 2.02. The van der Waals surface area contributed by atoms with Gasteiger partial charge in [0.15, 0.2) is 0 Å². The SMILES string of the molecule is N#Cc1cccnc1N1CCCN(CC(=O)NCc2ccc(C(=O)N3CCCC3)cc2)CC1. The summed E-state index contributed by atoms with van der Waals surface area (Å²) < 4.78 is 0. The van der Waals surface area contributed by atoms with Gasteiger partial charge in [-0.05, 0) is 49.1 Å². The second-order valence-electron chi connectivity index (χ2n) is 8.58. The molecule has 2 fully saturated rings. The van der Waals surface area contributed by atoms with E-state index in [0.717, 1.165) is 69.9 Å². The van der Waals surface area contributed by atoms with E-state index in [4.69, 9.17) is 0 Å². The molecular weight excluding hydrogens is 416 g/mol. The number of nitrogens with zero attached hydrogens (tertiary/aromatic N) is 5. The van der Waals surface area contributed by atoms with Crippen LogP contribution in [0.2, 0.25) is 0 Å². The smallest absolute Gasteiger partial charge is 0.253 e. The van der Waals surface area contributed by atoms with Gasteiger partial charge in [0.1, 0.15) is 11.9 Å². The summed E-state index contributed by atoms with van der Waals surface area (Å²) in [6, 6.07) is 13.3. The van der Waals surface area contributed by atoms with Gasteiger partial charge in [-0.15, -0.1) is 0 Å². The van der Waals surface area contributed by atoms with E-state index in [-0.39, 0.29) is 11.8 Å². The lowest BCUT2D eigenvalue weighted by Crippen LogP contribution is -2.39. The molecule has 1 N–H and O–H groups in total. The summed E-state index contributed by atoms with van der Waals surface area (Å²) >= 11 is 0. The average molecular weight is 447 g/mol. The molecule has 0 aliphatic carbocycles. The summed E-state index contributed by atoms with van der Waals surface area (Å²) in [5.41, 5.74) is 2.26. The zero-order valence-electron chi connectivity index (χ0n) is 18.9. The first-order valence-electron chi connectivity index (χ1n) is 11.6. The summed E-state index contributed by atoms with van der Waals surface area (Å²) in [4.78, 5) is 35.5. The Bertz CT molecular complexity index is 1010. The molecule has 2 aliphatic rings. The number of nitrogens with one attached hydrogen (secondary N) is 1. The molecule has 2 amide bonds. The van der Waals surface area contributed by atoms with Gasteiger partial charge in [-0.3, -0.25) is 14.5 Å². The zero-order valence-corrected chi connectivity index (χ0v) is 18.9. The lowest BCUT2D eigenvalue weighted by molar-refractivity contribution is -0.122. The van der Waals surface area contributed by atoms with Crippen LogP contribution in [-0.2, 0) is 11.3 Å². The number of hydrogen-bond acceptors (Lipinski definition) is 6. The maximum atomic E-state index is 12.5. The van der Waals surface area contributed by atoms with Gasteiger partial charge < -0.3 is 15.1 Å². The van der Waals surface area contributed by atoms with Gasteiger partial charge in [0, 0.05) is 57.6 Å². The largest absolute Gasteiger partial charge is 0.354 e. The third-order valence-corrected chi connectivity index (χ3v) is 6.25. The minimum Gasteiger partial charge on any atom is -0.354 e. The summed E-state index contributed by atoms with van der Waals surface area (Å²) in [7, 11) is 0. The van der Waals surface area contributed by atoms with Crippen LogP contribution in [0.25, 0.3) is 0 Å². The molecule has 4 rings (SSSR count). The van der Waals surface area contributed by atoms with Crippen molar-refractivity contribution in [2.45, 2.75) is 25.8 Å². The molecule has 0 atom stereocenters. The number of nitriles is 1. The molecule has 8 heteroatoms. The molecule has 1 aromatic carbocycles. The second kappa shape index (κ2) is 10.9. The van der Waals surface area contributed by atoms with Crippen LogP contribution in [0.1, 0.15) is 40.7 Å². The standard InChI is InChI=1S/C25H30N6O2/c26-17-22-5-3-10-27-24(22)30-14-4-11-29(15-16-30)19-23(32)28-18-20-6-8-21(9-7-20)25(33)31-12-1-2-13-31/h3,5-10H,1-2,4,11-16,18-19H2,(H,28,32). The average Bonchev–Trinajstić information content (AvgIpc) is 3.30. The van der Waals surface area contributed by atoms with Crippen LogP contribution in [0.5, 0.6) is 0 Å². The number of benzene rings is 1. The molecule has 0 unspecified atom stereocenters. The first-order valence-corrected chi connectivity index (χ1v) is 11.6. The molecule has 2 saturated heterocycles. The first kappa shape index (κ1) is 22.7. The van der Waals surface area contributed by atoms with Crippen molar-refractivity contribution in [1.29, 1.82) is 5.26 Å². The third kappa shape index (κ3) is 5.88. The van der Waals surface area contributed by atoms with Gasteiger partial charge in [-0.2, -0.15) is 5.26 Å². The van der Waals surface area contributed by atoms with Gasteiger partial charge >= 0.3 is 0 Å². The number of carbonyl (C=O) groups is 2. The van der Waals surface area contributed by atoms with E-state index < -0.39 is 0 Å². The fourth-order valence-corrected chi connectivity index (χ4v) is 4.40. The highest BCUT2D eigenvalue weighted by Gasteiger charge is 2.21. The summed E-state index contributed by atoms with van der Waals surface area (Å²) in [5.74, 6) is 0.792. The molecule has 33 heavy (non-hydrogen) atoms. The van der Waals surface area contributed by atoms with Crippen molar-refractivity contribution in [2.75, 3.05) is 50.7 Å². The van der Waals surface area contributed by atoms with E-state index in [1.807, 2.05) is 29.2 Å². The Kier molecular flexibility index (Phi) is 7.53. The van der Waals surface area contributed by atoms with Crippen molar-refractivity contribution >= 4 is 17.6 Å². The maximum Gasteiger partial charge on any atom is 0.253 e. The van der Waals surface area contributed by atoms with Crippen LogP contribution >= 0.6 is 0 Å². The molecular formula is C25H30N6O2. The van der Waals surface area contributed by atoms with E-state index in [0.29, 0.717) is 24.2 Å².